The molecule has 0 saturated heterocycles. The van der Waals surface area contributed by atoms with E-state index in [1.165, 1.54) is 0 Å². The van der Waals surface area contributed by atoms with Gasteiger partial charge in [-0.2, -0.15) is 0 Å². The van der Waals surface area contributed by atoms with E-state index in [9.17, 15) is 4.79 Å². The summed E-state index contributed by atoms with van der Waals surface area (Å²) < 4.78 is 7.18. The van der Waals surface area contributed by atoms with Crippen LogP contribution in [0.5, 0.6) is 0 Å². The van der Waals surface area contributed by atoms with Crippen LogP contribution in [0.4, 0.5) is 0 Å². The molecule has 2 aromatic rings. The fourth-order valence-electron chi connectivity index (χ4n) is 1.99. The number of nitrogens with zero attached hydrogens (tertiary/aromatic N) is 2. The van der Waals surface area contributed by atoms with Crippen LogP contribution in [0.2, 0.25) is 0 Å². The number of ether oxygens (including phenoxy) is 1. The van der Waals surface area contributed by atoms with Gasteiger partial charge in [0.25, 0.3) is 0 Å². The molecule has 21 heavy (non-hydrogen) atoms. The number of carbonyl (C=O) groups excluding carboxylic acids is 1. The summed E-state index contributed by atoms with van der Waals surface area (Å²) in [5.74, 6) is -0.410. The van der Waals surface area contributed by atoms with Gasteiger partial charge in [-0.1, -0.05) is 43.0 Å². The van der Waals surface area contributed by atoms with Crippen molar-refractivity contribution in [1.29, 1.82) is 0 Å². The van der Waals surface area contributed by atoms with Gasteiger partial charge in [0.2, 0.25) is 0 Å². The zero-order chi connectivity index (χ0) is 15.2. The van der Waals surface area contributed by atoms with Crippen molar-refractivity contribution in [3.63, 3.8) is 0 Å². The highest BCUT2D eigenvalue weighted by Crippen LogP contribution is 2.24. The van der Waals surface area contributed by atoms with E-state index in [2.05, 4.69) is 18.1 Å². The highest BCUT2D eigenvalue weighted by molar-refractivity contribution is 5.86. The molecule has 0 bridgehead atoms. The second kappa shape index (κ2) is 6.70. The Hall–Kier alpha value is -2.62. The van der Waals surface area contributed by atoms with Gasteiger partial charge >= 0.3 is 5.97 Å². The SMILES string of the molecule is C=CCn1cnc(COC(=O)C(=C)C)c1-c1ccccc1. The maximum atomic E-state index is 11.5. The Balaban J connectivity index is 2.31. The van der Waals surface area contributed by atoms with E-state index >= 15 is 0 Å². The smallest absolute Gasteiger partial charge is 0.333 e. The molecule has 0 saturated carbocycles. The van der Waals surface area contributed by atoms with Crippen molar-refractivity contribution in [2.24, 2.45) is 0 Å². The first-order valence-corrected chi connectivity index (χ1v) is 6.66. The molecule has 2 rings (SSSR count). The quantitative estimate of drug-likeness (QED) is 0.463. The number of hydrogen-bond acceptors (Lipinski definition) is 3. The minimum Gasteiger partial charge on any atom is -0.456 e. The number of benzene rings is 1. The van der Waals surface area contributed by atoms with Gasteiger partial charge in [0.15, 0.2) is 0 Å². The standard InChI is InChI=1S/C17H18N2O2/c1-4-10-19-12-18-15(11-21-17(20)13(2)3)16(19)14-8-6-5-7-9-14/h4-9,12H,1-2,10-11H2,3H3. The molecule has 0 unspecified atom stereocenters. The van der Waals surface area contributed by atoms with Gasteiger partial charge in [0.1, 0.15) is 12.3 Å². The van der Waals surface area contributed by atoms with Gasteiger partial charge < -0.3 is 9.30 Å². The first-order valence-electron chi connectivity index (χ1n) is 6.66. The van der Waals surface area contributed by atoms with Crippen LogP contribution in [0.3, 0.4) is 0 Å². The molecule has 1 heterocycles. The van der Waals surface area contributed by atoms with Crippen LogP contribution in [-0.4, -0.2) is 15.5 Å². The van der Waals surface area contributed by atoms with Crippen molar-refractivity contribution in [2.45, 2.75) is 20.1 Å². The lowest BCUT2D eigenvalue weighted by atomic mass is 10.1. The fourth-order valence-corrected chi connectivity index (χ4v) is 1.99. The van der Waals surface area contributed by atoms with Crippen molar-refractivity contribution in [3.05, 3.63) is 67.2 Å². The molecule has 0 amide bonds. The summed E-state index contributed by atoms with van der Waals surface area (Å²) in [5, 5.41) is 0. The second-order valence-corrected chi connectivity index (χ2v) is 4.70. The summed E-state index contributed by atoms with van der Waals surface area (Å²) >= 11 is 0. The second-order valence-electron chi connectivity index (χ2n) is 4.70. The highest BCUT2D eigenvalue weighted by atomic mass is 16.5. The topological polar surface area (TPSA) is 44.1 Å². The predicted octanol–water partition coefficient (Wildman–Crippen LogP) is 3.36. The van der Waals surface area contributed by atoms with Crippen molar-refractivity contribution >= 4 is 5.97 Å². The van der Waals surface area contributed by atoms with E-state index < -0.39 is 5.97 Å². The third-order valence-electron chi connectivity index (χ3n) is 2.97. The Kier molecular flexibility index (Phi) is 4.72. The van der Waals surface area contributed by atoms with Gasteiger partial charge in [-0.25, -0.2) is 9.78 Å². The Labute approximate surface area is 124 Å². The molecule has 4 nitrogen and oxygen atoms in total. The number of rotatable bonds is 6. The number of carbonyl (C=O) groups is 1. The van der Waals surface area contributed by atoms with Gasteiger partial charge in [-0.05, 0) is 6.92 Å². The average molecular weight is 282 g/mol. The molecule has 0 aliphatic rings. The van der Waals surface area contributed by atoms with Crippen LogP contribution >= 0.6 is 0 Å². The number of aromatic nitrogens is 2. The van der Waals surface area contributed by atoms with Crippen LogP contribution < -0.4 is 0 Å². The number of imidazole rings is 1. The summed E-state index contributed by atoms with van der Waals surface area (Å²) in [6, 6.07) is 9.88. The lowest BCUT2D eigenvalue weighted by Crippen LogP contribution is -2.06. The van der Waals surface area contributed by atoms with Crippen molar-refractivity contribution in [2.75, 3.05) is 0 Å². The molecule has 0 spiro atoms. The van der Waals surface area contributed by atoms with Gasteiger partial charge in [0, 0.05) is 17.7 Å². The largest absolute Gasteiger partial charge is 0.456 e. The predicted molar refractivity (Wildman–Crippen MR) is 82.5 cm³/mol. The van der Waals surface area contributed by atoms with E-state index in [-0.39, 0.29) is 6.61 Å². The third kappa shape index (κ3) is 3.48. The van der Waals surface area contributed by atoms with Crippen LogP contribution in [0.15, 0.2) is 61.5 Å². The molecule has 1 aromatic heterocycles. The van der Waals surface area contributed by atoms with E-state index in [1.807, 2.05) is 34.9 Å². The number of esters is 1. The summed E-state index contributed by atoms with van der Waals surface area (Å²) in [7, 11) is 0. The molecule has 0 aliphatic heterocycles. The zero-order valence-corrected chi connectivity index (χ0v) is 12.1. The van der Waals surface area contributed by atoms with Gasteiger partial charge in [0.05, 0.1) is 12.0 Å². The summed E-state index contributed by atoms with van der Waals surface area (Å²) in [5.41, 5.74) is 3.06. The van der Waals surface area contributed by atoms with Crippen molar-refractivity contribution in [3.8, 4) is 11.3 Å². The minimum absolute atomic E-state index is 0.125. The molecule has 0 aliphatic carbocycles. The summed E-state index contributed by atoms with van der Waals surface area (Å²) in [6.07, 6.45) is 3.53. The molecule has 0 N–H and O–H groups in total. The zero-order valence-electron chi connectivity index (χ0n) is 12.1. The molecular formula is C17H18N2O2. The Morgan fingerprint density at radius 2 is 2.10 bits per heavy atom. The molecule has 0 atom stereocenters. The van der Waals surface area contributed by atoms with E-state index in [4.69, 9.17) is 4.74 Å². The van der Waals surface area contributed by atoms with Crippen LogP contribution in [0, 0.1) is 0 Å². The first kappa shape index (κ1) is 14.8. The van der Waals surface area contributed by atoms with Gasteiger partial charge in [-0.3, -0.25) is 0 Å². The lowest BCUT2D eigenvalue weighted by Gasteiger charge is -2.09. The number of allylic oxidation sites excluding steroid dienone is 1. The van der Waals surface area contributed by atoms with E-state index in [0.29, 0.717) is 12.1 Å². The van der Waals surface area contributed by atoms with Crippen molar-refractivity contribution < 1.29 is 9.53 Å². The van der Waals surface area contributed by atoms with Crippen LogP contribution in [0.1, 0.15) is 12.6 Å². The van der Waals surface area contributed by atoms with E-state index in [1.54, 1.807) is 19.3 Å². The molecule has 0 fully saturated rings. The molecule has 4 heteroatoms. The highest BCUT2D eigenvalue weighted by Gasteiger charge is 2.14. The molecule has 1 aromatic carbocycles. The minimum atomic E-state index is -0.410. The molecule has 0 radical (unpaired) electrons. The maximum absolute atomic E-state index is 11.5. The fraction of sp³-hybridized carbons (Fsp3) is 0.176. The monoisotopic (exact) mass is 282 g/mol. The normalized spacial score (nSPS) is 10.1. The van der Waals surface area contributed by atoms with Gasteiger partial charge in [-0.15, -0.1) is 6.58 Å². The third-order valence-corrected chi connectivity index (χ3v) is 2.97. The maximum Gasteiger partial charge on any atom is 0.333 e. The molecule has 108 valence electrons. The molecular weight excluding hydrogens is 264 g/mol. The summed E-state index contributed by atoms with van der Waals surface area (Å²) in [6.45, 7) is 9.71. The van der Waals surface area contributed by atoms with Crippen LogP contribution in [0.25, 0.3) is 11.3 Å². The summed E-state index contributed by atoms with van der Waals surface area (Å²) in [4.78, 5) is 15.9. The van der Waals surface area contributed by atoms with Crippen molar-refractivity contribution in [1.82, 2.24) is 9.55 Å². The van der Waals surface area contributed by atoms with E-state index in [0.717, 1.165) is 17.0 Å². The van der Waals surface area contributed by atoms with Crippen LogP contribution in [-0.2, 0) is 22.7 Å². The Bertz CT molecular complexity index is 657. The average Bonchev–Trinajstić information content (AvgIpc) is 2.88. The lowest BCUT2D eigenvalue weighted by molar-refractivity contribution is -0.140. The Morgan fingerprint density at radius 3 is 2.71 bits per heavy atom. The Morgan fingerprint density at radius 1 is 1.38 bits per heavy atom. The first-order chi connectivity index (χ1) is 10.1. The number of hydrogen-bond donors (Lipinski definition) is 0.